The molecule has 3 aromatic rings. The Bertz CT molecular complexity index is 1480. The summed E-state index contributed by atoms with van der Waals surface area (Å²) in [6.07, 6.45) is 1.41. The molecular weight excluding hydrogens is 511 g/mol. The van der Waals surface area contributed by atoms with Gasteiger partial charge in [-0.05, 0) is 50.6 Å². The van der Waals surface area contributed by atoms with Gasteiger partial charge in [-0.1, -0.05) is 42.2 Å². The first-order valence-electron chi connectivity index (χ1n) is 11.7. The molecule has 2 aromatic carbocycles. The van der Waals surface area contributed by atoms with Gasteiger partial charge >= 0.3 is 11.9 Å². The van der Waals surface area contributed by atoms with Gasteiger partial charge in [0, 0.05) is 11.1 Å². The number of aromatic nitrogens is 1. The minimum atomic E-state index is -1.33. The number of esters is 1. The van der Waals surface area contributed by atoms with E-state index in [1.165, 1.54) is 24.3 Å². The molecule has 8 nitrogen and oxygen atoms in total. The summed E-state index contributed by atoms with van der Waals surface area (Å²) in [5, 5.41) is 11.3. The third-order valence-corrected chi connectivity index (χ3v) is 7.04. The number of benzene rings is 2. The molecule has 1 aromatic heterocycles. The van der Waals surface area contributed by atoms with E-state index in [0.717, 1.165) is 16.2 Å². The van der Waals surface area contributed by atoms with E-state index in [-0.39, 0.29) is 39.0 Å². The zero-order valence-electron chi connectivity index (χ0n) is 21.0. The molecule has 1 amide bonds. The number of halogens is 1. The van der Waals surface area contributed by atoms with Crippen LogP contribution < -0.4 is 9.64 Å². The number of hydrogen-bond donors (Lipinski definition) is 1. The van der Waals surface area contributed by atoms with Gasteiger partial charge in [-0.15, -0.1) is 0 Å². The fraction of sp³-hybridized carbons (Fsp3) is 0.214. The minimum absolute atomic E-state index is 0.00895. The molecule has 1 atom stereocenters. The van der Waals surface area contributed by atoms with Crippen LogP contribution in [-0.4, -0.2) is 41.0 Å². The van der Waals surface area contributed by atoms with Gasteiger partial charge in [0.2, 0.25) is 0 Å². The van der Waals surface area contributed by atoms with E-state index in [0.29, 0.717) is 17.9 Å². The van der Waals surface area contributed by atoms with E-state index in [1.807, 2.05) is 6.92 Å². The average molecular weight is 537 g/mol. The molecule has 0 spiro atoms. The van der Waals surface area contributed by atoms with Crippen LogP contribution in [0.4, 0.5) is 9.52 Å². The highest BCUT2D eigenvalue weighted by Crippen LogP contribution is 2.44. The van der Waals surface area contributed by atoms with Crippen LogP contribution in [0.15, 0.2) is 60.7 Å². The summed E-state index contributed by atoms with van der Waals surface area (Å²) in [4.78, 5) is 44.6. The van der Waals surface area contributed by atoms with Crippen LogP contribution in [0.2, 0.25) is 0 Å². The number of carbonyl (C=O) groups is 3. The largest absolute Gasteiger partial charge is 0.507 e. The lowest BCUT2D eigenvalue weighted by Gasteiger charge is -2.23. The first-order chi connectivity index (χ1) is 18.2. The normalized spacial score (nSPS) is 16.5. The molecule has 1 aliphatic heterocycles. The minimum Gasteiger partial charge on any atom is -0.507 e. The molecule has 1 fully saturated rings. The predicted molar refractivity (Wildman–Crippen MR) is 141 cm³/mol. The van der Waals surface area contributed by atoms with Crippen molar-refractivity contribution in [3.63, 3.8) is 0 Å². The van der Waals surface area contributed by atoms with E-state index in [1.54, 1.807) is 38.1 Å². The molecule has 38 heavy (non-hydrogen) atoms. The van der Waals surface area contributed by atoms with Crippen LogP contribution in [0.25, 0.3) is 5.76 Å². The van der Waals surface area contributed by atoms with E-state index in [9.17, 15) is 19.5 Å². The SMILES string of the molecule is C=CCOC(=O)c1sc(N2C(=O)C(=O)C(=C(O)c3ccc(OCC)c(C)c3)[C@H]2c2ccccc2F)nc1C. The number of ether oxygens (including phenoxy) is 2. The van der Waals surface area contributed by atoms with Crippen molar-refractivity contribution in [2.75, 3.05) is 18.1 Å². The third-order valence-electron chi connectivity index (χ3n) is 5.90. The molecule has 0 aliphatic carbocycles. The van der Waals surface area contributed by atoms with Crippen molar-refractivity contribution in [3.05, 3.63) is 93.8 Å². The molecule has 1 N–H and O–H groups in total. The Balaban J connectivity index is 1.89. The summed E-state index contributed by atoms with van der Waals surface area (Å²) in [7, 11) is 0. The lowest BCUT2D eigenvalue weighted by Crippen LogP contribution is -2.29. The van der Waals surface area contributed by atoms with Gasteiger partial charge in [0.05, 0.1) is 17.9 Å². The molecule has 0 radical (unpaired) electrons. The maximum absolute atomic E-state index is 15.1. The number of Topliss-reactive ketones (excluding diaryl/α,β-unsaturated/α-hetero) is 1. The number of rotatable bonds is 8. The number of hydrogen-bond acceptors (Lipinski definition) is 8. The first-order valence-corrected chi connectivity index (χ1v) is 12.6. The van der Waals surface area contributed by atoms with Crippen LogP contribution in [0.3, 0.4) is 0 Å². The summed E-state index contributed by atoms with van der Waals surface area (Å²) in [6.45, 7) is 9.11. The number of aryl methyl sites for hydroxylation is 2. The van der Waals surface area contributed by atoms with Crippen molar-refractivity contribution in [1.82, 2.24) is 4.98 Å². The van der Waals surface area contributed by atoms with E-state index >= 15 is 4.39 Å². The van der Waals surface area contributed by atoms with Gasteiger partial charge in [0.15, 0.2) is 5.13 Å². The van der Waals surface area contributed by atoms with Gasteiger partial charge in [0.25, 0.3) is 5.78 Å². The Morgan fingerprint density at radius 3 is 2.63 bits per heavy atom. The van der Waals surface area contributed by atoms with E-state index in [2.05, 4.69) is 11.6 Å². The number of anilines is 1. The highest BCUT2D eigenvalue weighted by molar-refractivity contribution is 7.17. The van der Waals surface area contributed by atoms with E-state index < -0.39 is 35.3 Å². The number of nitrogens with zero attached hydrogens (tertiary/aromatic N) is 2. The Morgan fingerprint density at radius 1 is 1.24 bits per heavy atom. The summed E-state index contributed by atoms with van der Waals surface area (Å²) in [6, 6.07) is 9.15. The predicted octanol–water partition coefficient (Wildman–Crippen LogP) is 5.27. The fourth-order valence-electron chi connectivity index (χ4n) is 4.17. The number of aliphatic hydroxyl groups excluding tert-OH is 1. The molecule has 196 valence electrons. The van der Waals surface area contributed by atoms with Crippen molar-refractivity contribution < 1.29 is 33.4 Å². The van der Waals surface area contributed by atoms with Gasteiger partial charge in [0.1, 0.15) is 34.9 Å². The number of ketones is 1. The Labute approximate surface area is 222 Å². The van der Waals surface area contributed by atoms with Crippen LogP contribution in [-0.2, 0) is 14.3 Å². The molecule has 0 unspecified atom stereocenters. The quantitative estimate of drug-likeness (QED) is 0.138. The lowest BCUT2D eigenvalue weighted by molar-refractivity contribution is -0.132. The molecule has 2 heterocycles. The Kier molecular flexibility index (Phi) is 7.72. The van der Waals surface area contributed by atoms with Crippen molar-refractivity contribution in [2.24, 2.45) is 0 Å². The monoisotopic (exact) mass is 536 g/mol. The molecule has 0 saturated carbocycles. The summed E-state index contributed by atoms with van der Waals surface area (Å²) >= 11 is 0.835. The molecule has 10 heteroatoms. The standard InChI is InChI=1S/C28H25FN2O6S/c1-5-13-37-27(35)25-16(4)30-28(38-25)31-22(18-9-7-8-10-19(18)29)21(24(33)26(31)34)23(32)17-11-12-20(36-6-2)15(3)14-17/h5,7-12,14,22,32H,1,6,13H2,2-4H3/t22-/m1/s1. The number of thiazole rings is 1. The van der Waals surface area contributed by atoms with Gasteiger partial charge in [-0.2, -0.15) is 0 Å². The first kappa shape index (κ1) is 26.7. The van der Waals surface area contributed by atoms with Crippen molar-refractivity contribution in [2.45, 2.75) is 26.8 Å². The van der Waals surface area contributed by atoms with Crippen LogP contribution in [0, 0.1) is 19.7 Å². The number of aliphatic hydroxyl groups is 1. The third kappa shape index (κ3) is 4.82. The topological polar surface area (TPSA) is 106 Å². The van der Waals surface area contributed by atoms with Crippen LogP contribution in [0.5, 0.6) is 5.75 Å². The zero-order chi connectivity index (χ0) is 27.6. The lowest BCUT2D eigenvalue weighted by atomic mass is 9.94. The smallest absolute Gasteiger partial charge is 0.350 e. The van der Waals surface area contributed by atoms with E-state index in [4.69, 9.17) is 9.47 Å². The average Bonchev–Trinajstić information content (AvgIpc) is 3.40. The van der Waals surface area contributed by atoms with Crippen LogP contribution in [0.1, 0.15) is 45.0 Å². The van der Waals surface area contributed by atoms with Gasteiger partial charge in [-0.25, -0.2) is 14.2 Å². The zero-order valence-corrected chi connectivity index (χ0v) is 21.8. The van der Waals surface area contributed by atoms with Crippen molar-refractivity contribution >= 4 is 39.9 Å². The van der Waals surface area contributed by atoms with Gasteiger partial charge in [-0.3, -0.25) is 14.5 Å². The fourth-order valence-corrected chi connectivity index (χ4v) is 5.15. The molecule has 4 rings (SSSR count). The maximum atomic E-state index is 15.1. The second-order valence-corrected chi connectivity index (χ2v) is 9.38. The molecule has 0 bridgehead atoms. The maximum Gasteiger partial charge on any atom is 0.350 e. The summed E-state index contributed by atoms with van der Waals surface area (Å²) < 4.78 is 25.7. The second kappa shape index (κ2) is 11.0. The second-order valence-electron chi connectivity index (χ2n) is 8.40. The number of amides is 1. The highest BCUT2D eigenvalue weighted by Gasteiger charge is 2.49. The van der Waals surface area contributed by atoms with Gasteiger partial charge < -0.3 is 14.6 Å². The Hall–Kier alpha value is -4.31. The molecular formula is C28H25FN2O6S. The number of carbonyl (C=O) groups excluding carboxylic acids is 3. The molecule has 1 saturated heterocycles. The van der Waals surface area contributed by atoms with Crippen molar-refractivity contribution in [1.29, 1.82) is 0 Å². The Morgan fingerprint density at radius 2 is 1.97 bits per heavy atom. The summed E-state index contributed by atoms with van der Waals surface area (Å²) in [5.74, 6) is -3.24. The molecule has 1 aliphatic rings. The summed E-state index contributed by atoms with van der Waals surface area (Å²) in [5.41, 5.74) is 0.919. The van der Waals surface area contributed by atoms with Crippen molar-refractivity contribution in [3.8, 4) is 5.75 Å². The highest BCUT2D eigenvalue weighted by atomic mass is 32.1. The van der Waals surface area contributed by atoms with Crippen LogP contribution >= 0.6 is 11.3 Å².